The summed E-state index contributed by atoms with van der Waals surface area (Å²) in [6.07, 6.45) is 6.38. The van der Waals surface area contributed by atoms with Crippen LogP contribution in [0.1, 0.15) is 85.4 Å². The van der Waals surface area contributed by atoms with Gasteiger partial charge in [-0.3, -0.25) is 15.0 Å². The van der Waals surface area contributed by atoms with Crippen LogP contribution in [0.3, 0.4) is 0 Å². The molecule has 4 heterocycles. The number of amides is 1. The zero-order valence-electron chi connectivity index (χ0n) is 24.4. The number of hydrogen-bond donors (Lipinski definition) is 5. The number of aryl methyl sites for hydroxylation is 2. The molecule has 1 fully saturated rings. The summed E-state index contributed by atoms with van der Waals surface area (Å²) in [5.74, 6) is 0.323. The van der Waals surface area contributed by atoms with Crippen LogP contribution < -0.4 is 26.9 Å². The van der Waals surface area contributed by atoms with Crippen LogP contribution in [-0.2, 0) is 6.54 Å². The van der Waals surface area contributed by atoms with Gasteiger partial charge in [-0.1, -0.05) is 6.08 Å². The number of piperidine rings is 1. The van der Waals surface area contributed by atoms with Gasteiger partial charge in [0, 0.05) is 34.9 Å². The Morgan fingerprint density at radius 3 is 2.51 bits per heavy atom. The standard InChI is InChI=1S/C30H43N7O2/c1-18-12-19(2)33-28(39)24(18)17-32-27(38)22-13-25(20-14-29(3,4)36-30(5,6)15-20)35-26(23(22)16-31)34-21-8-10-37(7)11-9-21/h12-14,16,21,31,36H,8-11,15,17H2,1-7H3,(H,32,38)(H,33,39)(H,34,35)/p+1. The van der Waals surface area contributed by atoms with Gasteiger partial charge in [-0.2, -0.15) is 0 Å². The second kappa shape index (κ2) is 11.1. The summed E-state index contributed by atoms with van der Waals surface area (Å²) in [7, 11) is 2.13. The molecule has 2 aliphatic heterocycles. The smallest absolute Gasteiger partial charge is 0.253 e. The molecule has 2 aromatic rings. The number of likely N-dealkylation sites (tertiary alicyclic amines) is 1. The minimum Gasteiger partial charge on any atom is -0.367 e. The molecule has 4 rings (SSSR count). The van der Waals surface area contributed by atoms with E-state index in [1.165, 1.54) is 6.21 Å². The highest BCUT2D eigenvalue weighted by Crippen LogP contribution is 2.34. The highest BCUT2D eigenvalue weighted by Gasteiger charge is 2.34. The number of aromatic amines is 1. The Labute approximate surface area is 231 Å². The Hall–Kier alpha value is -3.30. The number of carbonyl (C=O) groups is 1. The predicted octanol–water partition coefficient (Wildman–Crippen LogP) is 1.93. The maximum absolute atomic E-state index is 13.7. The van der Waals surface area contributed by atoms with E-state index in [-0.39, 0.29) is 35.1 Å². The molecule has 0 spiro atoms. The van der Waals surface area contributed by atoms with Crippen molar-refractivity contribution in [2.45, 2.75) is 84.5 Å². The first kappa shape index (κ1) is 28.7. The summed E-state index contributed by atoms with van der Waals surface area (Å²) in [4.78, 5) is 36.4. The fourth-order valence-electron chi connectivity index (χ4n) is 5.98. The lowest BCUT2D eigenvalue weighted by atomic mass is 9.82. The van der Waals surface area contributed by atoms with Gasteiger partial charge in [0.1, 0.15) is 5.82 Å². The van der Waals surface area contributed by atoms with Crippen molar-refractivity contribution in [2.24, 2.45) is 0 Å². The summed E-state index contributed by atoms with van der Waals surface area (Å²) < 4.78 is 0. The Kier molecular flexibility index (Phi) is 8.14. The molecule has 0 radical (unpaired) electrons. The lowest BCUT2D eigenvalue weighted by Crippen LogP contribution is -2.53. The van der Waals surface area contributed by atoms with Crippen molar-refractivity contribution in [1.29, 1.82) is 0 Å². The molecule has 0 aromatic carbocycles. The van der Waals surface area contributed by atoms with Crippen molar-refractivity contribution in [3.05, 3.63) is 62.2 Å². The van der Waals surface area contributed by atoms with Crippen molar-refractivity contribution < 1.29 is 10.2 Å². The largest absolute Gasteiger partial charge is 0.367 e. The molecule has 39 heavy (non-hydrogen) atoms. The Morgan fingerprint density at radius 1 is 1.21 bits per heavy atom. The number of nitrogens with zero attached hydrogens (tertiary/aromatic N) is 2. The van der Waals surface area contributed by atoms with Gasteiger partial charge in [0.2, 0.25) is 0 Å². The number of rotatable bonds is 7. The molecule has 6 N–H and O–H groups in total. The van der Waals surface area contributed by atoms with Gasteiger partial charge >= 0.3 is 0 Å². The zero-order chi connectivity index (χ0) is 28.5. The third kappa shape index (κ3) is 6.83. The van der Waals surface area contributed by atoms with Crippen LogP contribution in [0.15, 0.2) is 23.0 Å². The summed E-state index contributed by atoms with van der Waals surface area (Å²) in [5, 5.41) is 16.4. The summed E-state index contributed by atoms with van der Waals surface area (Å²) in [5.41, 5.74) is 4.45. The number of carbonyl (C=O) groups excluding carboxylic acids is 1. The molecule has 9 nitrogen and oxygen atoms in total. The van der Waals surface area contributed by atoms with E-state index in [9.17, 15) is 9.59 Å². The molecule has 0 aliphatic carbocycles. The van der Waals surface area contributed by atoms with E-state index in [1.807, 2.05) is 26.0 Å². The van der Waals surface area contributed by atoms with Gasteiger partial charge in [-0.05, 0) is 104 Å². The first-order valence-corrected chi connectivity index (χ1v) is 13.8. The molecular weight excluding hydrogens is 490 g/mol. The first-order valence-electron chi connectivity index (χ1n) is 13.8. The van der Waals surface area contributed by atoms with Crippen LogP contribution >= 0.6 is 0 Å². The van der Waals surface area contributed by atoms with Crippen molar-refractivity contribution in [1.82, 2.24) is 25.5 Å². The highest BCUT2D eigenvalue weighted by atomic mass is 16.1. The van der Waals surface area contributed by atoms with Gasteiger partial charge < -0.3 is 25.8 Å². The van der Waals surface area contributed by atoms with E-state index in [1.54, 1.807) is 0 Å². The minimum absolute atomic E-state index is 0.117. The summed E-state index contributed by atoms with van der Waals surface area (Å²) in [6.45, 7) is 14.5. The third-order valence-corrected chi connectivity index (χ3v) is 7.61. The molecule has 2 aliphatic rings. The van der Waals surface area contributed by atoms with Crippen molar-refractivity contribution in [2.75, 3.05) is 25.5 Å². The molecule has 210 valence electrons. The predicted molar refractivity (Wildman–Crippen MR) is 157 cm³/mol. The van der Waals surface area contributed by atoms with Gasteiger partial charge in [-0.15, -0.1) is 0 Å². The molecule has 0 saturated carbocycles. The van der Waals surface area contributed by atoms with E-state index in [0.717, 1.165) is 54.9 Å². The molecule has 9 heteroatoms. The topological polar surface area (TPSA) is 128 Å². The second-order valence-corrected chi connectivity index (χ2v) is 12.4. The van der Waals surface area contributed by atoms with Gasteiger partial charge in [0.15, 0.2) is 6.21 Å². The molecule has 0 bridgehead atoms. The van der Waals surface area contributed by atoms with E-state index in [0.29, 0.717) is 22.5 Å². The van der Waals surface area contributed by atoms with Gasteiger partial charge in [0.25, 0.3) is 11.5 Å². The molecule has 0 atom stereocenters. The van der Waals surface area contributed by atoms with Crippen molar-refractivity contribution >= 4 is 23.5 Å². The molecule has 1 amide bonds. The van der Waals surface area contributed by atoms with Crippen LogP contribution in [0, 0.1) is 13.8 Å². The third-order valence-electron chi connectivity index (χ3n) is 7.61. The molecule has 2 aromatic heterocycles. The fraction of sp³-hybridized carbons (Fsp3) is 0.533. The number of hydrogen-bond acceptors (Lipinski definition) is 6. The van der Waals surface area contributed by atoms with E-state index < -0.39 is 0 Å². The lowest BCUT2D eigenvalue weighted by Gasteiger charge is -2.41. The van der Waals surface area contributed by atoms with Crippen molar-refractivity contribution in [3.8, 4) is 0 Å². The average molecular weight is 535 g/mol. The number of nitrogens with two attached hydrogens (primary N) is 1. The van der Waals surface area contributed by atoms with E-state index in [2.05, 4.69) is 66.7 Å². The van der Waals surface area contributed by atoms with E-state index >= 15 is 0 Å². The number of pyridine rings is 2. The van der Waals surface area contributed by atoms with E-state index in [4.69, 9.17) is 10.4 Å². The lowest BCUT2D eigenvalue weighted by molar-refractivity contribution is -0.104. The Bertz CT molecular complexity index is 1350. The second-order valence-electron chi connectivity index (χ2n) is 12.4. The van der Waals surface area contributed by atoms with Gasteiger partial charge in [0.05, 0.1) is 16.8 Å². The monoisotopic (exact) mass is 534 g/mol. The van der Waals surface area contributed by atoms with Crippen LogP contribution in [0.25, 0.3) is 5.57 Å². The highest BCUT2D eigenvalue weighted by molar-refractivity contribution is 6.04. The average Bonchev–Trinajstić information content (AvgIpc) is 2.82. The molecule has 1 saturated heterocycles. The SMILES string of the molecule is Cc1cc(C)c(CNC(=O)c2cc(C3=CC(C)(C)NC(C)(C)C3)nc(NC3CCN(C)CC3)c2C=[NH2+])c(=O)[nH]1. The summed E-state index contributed by atoms with van der Waals surface area (Å²) in [6, 6.07) is 3.98. The number of H-pyrrole nitrogens is 1. The Balaban J connectivity index is 1.74. The maximum Gasteiger partial charge on any atom is 0.253 e. The van der Waals surface area contributed by atoms with Crippen LogP contribution in [0.5, 0.6) is 0 Å². The normalized spacial score (nSPS) is 19.3. The fourth-order valence-corrected chi connectivity index (χ4v) is 5.98. The van der Waals surface area contributed by atoms with Crippen LogP contribution in [-0.4, -0.2) is 64.2 Å². The maximum atomic E-state index is 13.7. The van der Waals surface area contributed by atoms with Gasteiger partial charge in [-0.25, -0.2) is 4.98 Å². The molecule has 0 unspecified atom stereocenters. The Morgan fingerprint density at radius 2 is 1.90 bits per heavy atom. The molecular formula is C30H44N7O2+. The summed E-state index contributed by atoms with van der Waals surface area (Å²) >= 11 is 0. The number of nitrogens with one attached hydrogen (secondary N) is 4. The number of anilines is 1. The minimum atomic E-state index is -0.297. The zero-order valence-corrected chi connectivity index (χ0v) is 24.4. The number of aromatic nitrogens is 2. The first-order chi connectivity index (χ1) is 18.3. The van der Waals surface area contributed by atoms with Crippen LogP contribution in [0.2, 0.25) is 0 Å². The van der Waals surface area contributed by atoms with Crippen molar-refractivity contribution in [3.63, 3.8) is 0 Å². The quantitative estimate of drug-likeness (QED) is 0.346. The van der Waals surface area contributed by atoms with Crippen LogP contribution in [0.4, 0.5) is 5.82 Å².